The van der Waals surface area contributed by atoms with Crippen molar-refractivity contribution in [2.24, 2.45) is 5.92 Å². The van der Waals surface area contributed by atoms with Gasteiger partial charge < -0.3 is 14.1 Å². The Kier molecular flexibility index (Phi) is 22.2. The largest absolute Gasteiger partial charge is 0.472 e. The topological polar surface area (TPSA) is 65.0 Å². The zero-order chi connectivity index (χ0) is 29.4. The van der Waals surface area contributed by atoms with E-state index in [2.05, 4.69) is 6.92 Å². The quantitative estimate of drug-likeness (QED) is 0.0604. The van der Waals surface area contributed by atoms with E-state index in [4.69, 9.17) is 13.8 Å². The fourth-order valence-electron chi connectivity index (χ4n) is 4.78. The first kappa shape index (κ1) is 37.3. The van der Waals surface area contributed by atoms with E-state index >= 15 is 0 Å². The Labute approximate surface area is 247 Å². The maximum absolute atomic E-state index is 12.4. The molecule has 0 amide bonds. The van der Waals surface area contributed by atoms with Crippen LogP contribution in [0.2, 0.25) is 0 Å². The number of rotatable bonds is 28. The molecule has 0 aliphatic heterocycles. The Morgan fingerprint density at radius 2 is 1.23 bits per heavy atom. The predicted molar refractivity (Wildman–Crippen MR) is 168 cm³/mol. The molecule has 0 aliphatic carbocycles. The van der Waals surface area contributed by atoms with Gasteiger partial charge in [0, 0.05) is 5.92 Å². The number of hydrogen-bond acceptors (Lipinski definition) is 4. The van der Waals surface area contributed by atoms with Gasteiger partial charge in [0.1, 0.15) is 13.2 Å². The Bertz CT molecular complexity index is 740. The second-order valence-electron chi connectivity index (χ2n) is 12.6. The average molecular weight is 585 g/mol. The van der Waals surface area contributed by atoms with E-state index in [0.717, 1.165) is 18.4 Å². The van der Waals surface area contributed by atoms with E-state index in [1.54, 1.807) is 0 Å². The number of quaternary nitrogens is 1. The molecule has 234 valence electrons. The third-order valence-electron chi connectivity index (χ3n) is 7.42. The molecule has 0 aromatic heterocycles. The number of unbranched alkanes of at least 4 members (excludes halogenated alkanes) is 15. The smallest absolute Gasteiger partial charge is 0.376 e. The summed E-state index contributed by atoms with van der Waals surface area (Å²) >= 11 is 0. The van der Waals surface area contributed by atoms with Crippen molar-refractivity contribution in [3.8, 4) is 0 Å². The van der Waals surface area contributed by atoms with Crippen molar-refractivity contribution in [3.05, 3.63) is 35.9 Å². The minimum absolute atomic E-state index is 0.0674. The van der Waals surface area contributed by atoms with Gasteiger partial charge in [0.25, 0.3) is 0 Å². The highest BCUT2D eigenvalue weighted by Crippen LogP contribution is 2.43. The van der Waals surface area contributed by atoms with Crippen LogP contribution >= 0.6 is 7.82 Å². The van der Waals surface area contributed by atoms with Crippen molar-refractivity contribution in [1.82, 2.24) is 0 Å². The first-order valence-electron chi connectivity index (χ1n) is 16.3. The van der Waals surface area contributed by atoms with Gasteiger partial charge in [-0.2, -0.15) is 0 Å². The number of phosphoric acid groups is 1. The summed E-state index contributed by atoms with van der Waals surface area (Å²) in [7, 11) is 1.99. The molecule has 7 heteroatoms. The molecule has 1 aromatic carbocycles. The Morgan fingerprint density at radius 3 is 1.73 bits per heavy atom. The van der Waals surface area contributed by atoms with Crippen LogP contribution < -0.4 is 0 Å². The Morgan fingerprint density at radius 1 is 0.725 bits per heavy atom. The summed E-state index contributed by atoms with van der Waals surface area (Å²) in [5.74, 6) is 0.0674. The number of likely N-dealkylation sites (N-methyl/N-ethyl adjacent to an activating group) is 1. The van der Waals surface area contributed by atoms with Crippen LogP contribution in [0.5, 0.6) is 0 Å². The monoisotopic (exact) mass is 584 g/mol. The molecule has 2 atom stereocenters. The average Bonchev–Trinajstić information content (AvgIpc) is 2.91. The van der Waals surface area contributed by atoms with Crippen molar-refractivity contribution < 1.29 is 27.7 Å². The number of hydrogen-bond donors (Lipinski definition) is 1. The van der Waals surface area contributed by atoms with Crippen LogP contribution in [0.25, 0.3) is 0 Å². The van der Waals surface area contributed by atoms with Gasteiger partial charge in [0.2, 0.25) is 0 Å². The van der Waals surface area contributed by atoms with Crippen molar-refractivity contribution >= 4 is 7.82 Å². The molecule has 6 nitrogen and oxygen atoms in total. The van der Waals surface area contributed by atoms with Crippen molar-refractivity contribution in [3.63, 3.8) is 0 Å². The maximum atomic E-state index is 12.4. The first-order valence-corrected chi connectivity index (χ1v) is 17.8. The minimum atomic E-state index is -4.06. The number of phosphoric ester groups is 1. The van der Waals surface area contributed by atoms with Gasteiger partial charge in [0.05, 0.1) is 41.0 Å². The molecule has 1 rings (SSSR count). The third kappa shape index (κ3) is 23.9. The molecule has 0 saturated heterocycles. The van der Waals surface area contributed by atoms with Gasteiger partial charge in [-0.25, -0.2) is 4.57 Å². The predicted octanol–water partition coefficient (Wildman–Crippen LogP) is 9.31. The lowest BCUT2D eigenvalue weighted by molar-refractivity contribution is -0.870. The molecule has 0 aliphatic rings. The van der Waals surface area contributed by atoms with E-state index < -0.39 is 7.82 Å². The lowest BCUT2D eigenvalue weighted by Gasteiger charge is -2.24. The molecule has 1 N–H and O–H groups in total. The molecule has 0 radical (unpaired) electrons. The second kappa shape index (κ2) is 23.8. The summed E-state index contributed by atoms with van der Waals surface area (Å²) in [6, 6.07) is 10.1. The van der Waals surface area contributed by atoms with Gasteiger partial charge >= 0.3 is 7.82 Å². The Balaban J connectivity index is 2.19. The molecule has 1 aromatic rings. The lowest BCUT2D eigenvalue weighted by Crippen LogP contribution is -2.37. The summed E-state index contributed by atoms with van der Waals surface area (Å²) in [5, 5.41) is 0. The van der Waals surface area contributed by atoms with Crippen LogP contribution in [0.1, 0.15) is 122 Å². The van der Waals surface area contributed by atoms with Crippen LogP contribution in [-0.2, 0) is 25.0 Å². The van der Waals surface area contributed by atoms with Crippen LogP contribution in [0.4, 0.5) is 0 Å². The van der Waals surface area contributed by atoms with Crippen LogP contribution in [0, 0.1) is 5.92 Å². The first-order chi connectivity index (χ1) is 19.2. The van der Waals surface area contributed by atoms with Crippen molar-refractivity contribution in [1.29, 1.82) is 0 Å². The lowest BCUT2D eigenvalue weighted by atomic mass is 10.0. The molecule has 40 heavy (non-hydrogen) atoms. The van der Waals surface area contributed by atoms with E-state index in [1.165, 1.54) is 96.3 Å². The maximum Gasteiger partial charge on any atom is 0.472 e. The molecular formula is C33H63NO5P+. The summed E-state index contributed by atoms with van der Waals surface area (Å²) < 4.78 is 29.6. The molecule has 0 saturated carbocycles. The van der Waals surface area contributed by atoms with E-state index in [9.17, 15) is 9.46 Å². The number of ether oxygens (including phenoxy) is 1. The van der Waals surface area contributed by atoms with E-state index in [1.807, 2.05) is 51.5 Å². The van der Waals surface area contributed by atoms with Gasteiger partial charge in [-0.3, -0.25) is 9.05 Å². The zero-order valence-electron chi connectivity index (χ0n) is 26.5. The molecule has 0 bridgehead atoms. The van der Waals surface area contributed by atoms with E-state index in [0.29, 0.717) is 24.2 Å². The van der Waals surface area contributed by atoms with E-state index in [-0.39, 0.29) is 19.1 Å². The highest BCUT2D eigenvalue weighted by atomic mass is 31.2. The highest BCUT2D eigenvalue weighted by molar-refractivity contribution is 7.47. The van der Waals surface area contributed by atoms with Gasteiger partial charge in [-0.1, -0.05) is 140 Å². The molecule has 0 heterocycles. The molecule has 0 spiro atoms. The third-order valence-corrected chi connectivity index (χ3v) is 8.41. The summed E-state index contributed by atoms with van der Waals surface area (Å²) in [6.45, 7) is 4.31. The number of benzene rings is 1. The van der Waals surface area contributed by atoms with Crippen LogP contribution in [0.3, 0.4) is 0 Å². The summed E-state index contributed by atoms with van der Waals surface area (Å²) in [6.07, 6.45) is 22.5. The van der Waals surface area contributed by atoms with Gasteiger partial charge in [0.15, 0.2) is 0 Å². The zero-order valence-corrected chi connectivity index (χ0v) is 27.4. The fraction of sp³-hybridized carbons (Fsp3) is 0.818. The van der Waals surface area contributed by atoms with Crippen LogP contribution in [-0.4, -0.2) is 56.9 Å². The molecule has 2 unspecified atom stereocenters. The Hall–Kier alpha value is -0.750. The van der Waals surface area contributed by atoms with Crippen LogP contribution in [0.15, 0.2) is 30.3 Å². The summed E-state index contributed by atoms with van der Waals surface area (Å²) in [4.78, 5) is 10.1. The van der Waals surface area contributed by atoms with Crippen molar-refractivity contribution in [2.75, 3.05) is 47.5 Å². The second-order valence-corrected chi connectivity index (χ2v) is 14.0. The fourth-order valence-corrected chi connectivity index (χ4v) is 5.57. The highest BCUT2D eigenvalue weighted by Gasteiger charge is 2.24. The SMILES string of the molecule is CCCCCCCCCCCCCCCCCCC(COCc1ccccc1)COP(=O)(O)OCC[N+](C)(C)C. The molecule has 0 fully saturated rings. The van der Waals surface area contributed by atoms with Gasteiger partial charge in [-0.15, -0.1) is 0 Å². The standard InChI is InChI=1S/C33H62NO5P/c1-5-6-7-8-9-10-11-12-13-14-15-16-17-18-19-21-26-33(30-37-29-32-24-22-20-23-25-32)31-39-40(35,36)38-28-27-34(2,3)4/h20,22-25,33H,5-19,21,26-31H2,1-4H3/p+1. The van der Waals surface area contributed by atoms with Crippen molar-refractivity contribution in [2.45, 2.75) is 123 Å². The van der Waals surface area contributed by atoms with Gasteiger partial charge in [-0.05, 0) is 12.0 Å². The number of nitrogens with zero attached hydrogens (tertiary/aromatic N) is 1. The normalized spacial score (nSPS) is 14.3. The molecular weight excluding hydrogens is 521 g/mol. The summed E-state index contributed by atoms with van der Waals surface area (Å²) in [5.41, 5.74) is 1.13. The minimum Gasteiger partial charge on any atom is -0.376 e.